The van der Waals surface area contributed by atoms with Crippen LogP contribution < -0.4 is 14.8 Å². The van der Waals surface area contributed by atoms with Crippen molar-refractivity contribution in [3.63, 3.8) is 0 Å². The lowest BCUT2D eigenvalue weighted by Crippen LogP contribution is -2.45. The fraction of sp³-hybridized carbons (Fsp3) is 0.304. The lowest BCUT2D eigenvalue weighted by atomic mass is 10.0. The van der Waals surface area contributed by atoms with Crippen LogP contribution in [0.25, 0.3) is 0 Å². The van der Waals surface area contributed by atoms with Gasteiger partial charge in [0, 0.05) is 31.1 Å². The van der Waals surface area contributed by atoms with E-state index in [9.17, 15) is 0 Å². The Morgan fingerprint density at radius 1 is 0.967 bits per heavy atom. The molecular formula is C23H28Cl2N2O2S. The molecule has 162 valence electrons. The van der Waals surface area contributed by atoms with Gasteiger partial charge in [0.15, 0.2) is 11.5 Å². The van der Waals surface area contributed by atoms with Crippen molar-refractivity contribution in [3.8, 4) is 11.5 Å². The van der Waals surface area contributed by atoms with E-state index in [-0.39, 0.29) is 30.9 Å². The minimum atomic E-state index is 0. The fourth-order valence-corrected chi connectivity index (χ4v) is 4.54. The normalized spacial score (nSPS) is 14.8. The number of benzene rings is 2. The van der Waals surface area contributed by atoms with Gasteiger partial charge in [0.1, 0.15) is 6.61 Å². The molecule has 0 saturated carbocycles. The average Bonchev–Trinajstić information content (AvgIpc) is 3.28. The summed E-state index contributed by atoms with van der Waals surface area (Å²) in [7, 11) is 1.69. The quantitative estimate of drug-likeness (QED) is 0.520. The Bertz CT molecular complexity index is 872. The number of piperazine rings is 1. The molecule has 2 aromatic carbocycles. The number of hydrogen-bond acceptors (Lipinski definition) is 5. The van der Waals surface area contributed by atoms with Gasteiger partial charge >= 0.3 is 0 Å². The van der Waals surface area contributed by atoms with Gasteiger partial charge < -0.3 is 14.8 Å². The third kappa shape index (κ3) is 5.90. The number of nitrogens with one attached hydrogen (secondary N) is 1. The zero-order chi connectivity index (χ0) is 19.2. The number of methoxy groups -OCH3 is 1. The molecule has 1 saturated heterocycles. The van der Waals surface area contributed by atoms with Crippen LogP contribution in [-0.2, 0) is 6.61 Å². The summed E-state index contributed by atoms with van der Waals surface area (Å²) in [5.41, 5.74) is 2.39. The first-order chi connectivity index (χ1) is 13.8. The van der Waals surface area contributed by atoms with E-state index in [0.717, 1.165) is 43.2 Å². The van der Waals surface area contributed by atoms with Gasteiger partial charge in [0.2, 0.25) is 0 Å². The van der Waals surface area contributed by atoms with Crippen LogP contribution in [0.3, 0.4) is 0 Å². The first-order valence-corrected chi connectivity index (χ1v) is 10.6. The second-order valence-electron chi connectivity index (χ2n) is 6.89. The molecule has 4 nitrogen and oxygen atoms in total. The number of hydrogen-bond donors (Lipinski definition) is 1. The standard InChI is InChI=1S/C23H26N2O2S.2ClH/c1-26-20-10-9-19(16-21(20)27-17-18-6-3-2-4-7-18)23(22-8-5-15-28-22)25-13-11-24-12-14-25;;/h2-10,15-16,23-24H,11-14,17H2,1H3;2*1H/t23-;;/m1../s1. The lowest BCUT2D eigenvalue weighted by Gasteiger charge is -2.35. The van der Waals surface area contributed by atoms with Crippen molar-refractivity contribution in [2.45, 2.75) is 12.6 Å². The Kier molecular flexibility index (Phi) is 9.95. The Morgan fingerprint density at radius 2 is 1.73 bits per heavy atom. The molecule has 7 heteroatoms. The number of ether oxygens (including phenoxy) is 2. The first-order valence-electron chi connectivity index (χ1n) is 9.68. The van der Waals surface area contributed by atoms with Gasteiger partial charge in [-0.3, -0.25) is 4.90 Å². The van der Waals surface area contributed by atoms with Crippen LogP contribution in [-0.4, -0.2) is 38.2 Å². The molecule has 1 N–H and O–H groups in total. The largest absolute Gasteiger partial charge is 0.493 e. The maximum absolute atomic E-state index is 6.16. The Morgan fingerprint density at radius 3 is 2.40 bits per heavy atom. The van der Waals surface area contributed by atoms with E-state index >= 15 is 0 Å². The topological polar surface area (TPSA) is 33.7 Å². The SMILES string of the molecule is COc1ccc([C@H](c2cccs2)N2CCNCC2)cc1OCc1ccccc1.Cl.Cl. The molecule has 1 aromatic heterocycles. The van der Waals surface area contributed by atoms with Crippen LogP contribution in [0.2, 0.25) is 0 Å². The van der Waals surface area contributed by atoms with E-state index < -0.39 is 0 Å². The molecule has 1 fully saturated rings. The molecule has 2 heterocycles. The highest BCUT2D eigenvalue weighted by atomic mass is 35.5. The van der Waals surface area contributed by atoms with Crippen molar-refractivity contribution >= 4 is 36.2 Å². The van der Waals surface area contributed by atoms with E-state index in [1.807, 2.05) is 35.6 Å². The molecule has 4 rings (SSSR count). The van der Waals surface area contributed by atoms with Gasteiger partial charge in [-0.2, -0.15) is 0 Å². The average molecular weight is 467 g/mol. The highest BCUT2D eigenvalue weighted by molar-refractivity contribution is 7.10. The summed E-state index contributed by atoms with van der Waals surface area (Å²) < 4.78 is 11.7. The zero-order valence-electron chi connectivity index (χ0n) is 17.0. The molecule has 0 amide bonds. The Labute approximate surface area is 195 Å². The van der Waals surface area contributed by atoms with Crippen LogP contribution in [0.5, 0.6) is 11.5 Å². The van der Waals surface area contributed by atoms with Crippen LogP contribution >= 0.6 is 36.2 Å². The summed E-state index contributed by atoms with van der Waals surface area (Å²) in [4.78, 5) is 3.91. The summed E-state index contributed by atoms with van der Waals surface area (Å²) in [6.07, 6.45) is 0. The molecule has 0 unspecified atom stereocenters. The molecule has 0 radical (unpaired) electrons. The minimum Gasteiger partial charge on any atom is -0.493 e. The molecule has 1 atom stereocenters. The van der Waals surface area contributed by atoms with Gasteiger partial charge in [0.25, 0.3) is 0 Å². The second-order valence-corrected chi connectivity index (χ2v) is 7.87. The molecular weight excluding hydrogens is 439 g/mol. The second kappa shape index (κ2) is 12.2. The molecule has 30 heavy (non-hydrogen) atoms. The monoisotopic (exact) mass is 466 g/mol. The van der Waals surface area contributed by atoms with E-state index in [2.05, 4.69) is 52.0 Å². The van der Waals surface area contributed by atoms with Crippen molar-refractivity contribution in [2.75, 3.05) is 33.3 Å². The van der Waals surface area contributed by atoms with E-state index in [1.54, 1.807) is 7.11 Å². The highest BCUT2D eigenvalue weighted by Gasteiger charge is 2.25. The van der Waals surface area contributed by atoms with Crippen LogP contribution in [0.15, 0.2) is 66.0 Å². The van der Waals surface area contributed by atoms with Crippen molar-refractivity contribution in [3.05, 3.63) is 82.0 Å². The Hall–Kier alpha value is -1.76. The number of rotatable bonds is 7. The van der Waals surface area contributed by atoms with Gasteiger partial charge in [-0.1, -0.05) is 42.5 Å². The van der Waals surface area contributed by atoms with E-state index in [1.165, 1.54) is 10.4 Å². The minimum absolute atomic E-state index is 0. The smallest absolute Gasteiger partial charge is 0.162 e. The summed E-state index contributed by atoms with van der Waals surface area (Å²) in [5, 5.41) is 5.61. The Balaban J connectivity index is 0.00000160. The summed E-state index contributed by atoms with van der Waals surface area (Å²) >= 11 is 1.81. The predicted octanol–water partition coefficient (Wildman–Crippen LogP) is 5.17. The highest BCUT2D eigenvalue weighted by Crippen LogP contribution is 2.37. The van der Waals surface area contributed by atoms with Gasteiger partial charge in [-0.25, -0.2) is 0 Å². The van der Waals surface area contributed by atoms with Crippen LogP contribution in [0.4, 0.5) is 0 Å². The van der Waals surface area contributed by atoms with Gasteiger partial charge in [-0.05, 0) is 34.7 Å². The summed E-state index contributed by atoms with van der Waals surface area (Å²) in [5.74, 6) is 1.56. The van der Waals surface area contributed by atoms with Crippen molar-refractivity contribution in [1.82, 2.24) is 10.2 Å². The molecule has 3 aromatic rings. The number of nitrogens with zero attached hydrogens (tertiary/aromatic N) is 1. The summed E-state index contributed by atoms with van der Waals surface area (Å²) in [6.45, 7) is 4.65. The molecule has 1 aliphatic heterocycles. The van der Waals surface area contributed by atoms with Crippen molar-refractivity contribution in [2.24, 2.45) is 0 Å². The third-order valence-corrected chi connectivity index (χ3v) is 5.99. The van der Waals surface area contributed by atoms with E-state index in [0.29, 0.717) is 6.61 Å². The predicted molar refractivity (Wildman–Crippen MR) is 129 cm³/mol. The van der Waals surface area contributed by atoms with Gasteiger partial charge in [0.05, 0.1) is 13.2 Å². The molecule has 0 spiro atoms. The number of halogens is 2. The molecule has 0 bridgehead atoms. The zero-order valence-corrected chi connectivity index (χ0v) is 19.4. The maximum atomic E-state index is 6.16. The van der Waals surface area contributed by atoms with Gasteiger partial charge in [-0.15, -0.1) is 36.2 Å². The van der Waals surface area contributed by atoms with Crippen molar-refractivity contribution in [1.29, 1.82) is 0 Å². The fourth-order valence-electron chi connectivity index (χ4n) is 3.65. The lowest BCUT2D eigenvalue weighted by molar-refractivity contribution is 0.200. The first kappa shape index (κ1) is 24.5. The van der Waals surface area contributed by atoms with E-state index in [4.69, 9.17) is 9.47 Å². The molecule has 1 aliphatic rings. The summed E-state index contributed by atoms with van der Waals surface area (Å²) in [6, 6.07) is 21.2. The third-order valence-electron chi connectivity index (χ3n) is 5.07. The van der Waals surface area contributed by atoms with Crippen molar-refractivity contribution < 1.29 is 9.47 Å². The van der Waals surface area contributed by atoms with Crippen LogP contribution in [0.1, 0.15) is 22.0 Å². The molecule has 0 aliphatic carbocycles. The number of thiophene rings is 1. The van der Waals surface area contributed by atoms with Crippen LogP contribution in [0, 0.1) is 0 Å². The maximum Gasteiger partial charge on any atom is 0.162 e.